The van der Waals surface area contributed by atoms with Crippen molar-refractivity contribution in [1.82, 2.24) is 0 Å². The molecule has 0 saturated heterocycles. The van der Waals surface area contributed by atoms with Gasteiger partial charge in [-0.25, -0.2) is 0 Å². The maximum Gasteiger partial charge on any atom is 0.108 e. The molecule has 0 radical (unpaired) electrons. The second-order valence-corrected chi connectivity index (χ2v) is 3.23. The molecule has 4 heteroatoms. The number of hydrogen-bond acceptors (Lipinski definition) is 4. The van der Waals surface area contributed by atoms with Gasteiger partial charge in [-0.05, 0) is 6.42 Å². The van der Waals surface area contributed by atoms with E-state index in [4.69, 9.17) is 14.2 Å². The summed E-state index contributed by atoms with van der Waals surface area (Å²) >= 11 is 0. The molecule has 14 heavy (non-hydrogen) atoms. The van der Waals surface area contributed by atoms with Gasteiger partial charge in [-0.3, -0.25) is 0 Å². The van der Waals surface area contributed by atoms with Gasteiger partial charge in [-0.2, -0.15) is 0 Å². The van der Waals surface area contributed by atoms with E-state index in [0.717, 1.165) is 12.8 Å². The number of methoxy groups -OCH3 is 2. The molecule has 4 nitrogen and oxygen atoms in total. The van der Waals surface area contributed by atoms with Crippen LogP contribution in [0.1, 0.15) is 19.8 Å². The Morgan fingerprint density at radius 3 is 2.43 bits per heavy atom. The summed E-state index contributed by atoms with van der Waals surface area (Å²) in [5.74, 6) is 0. The molecule has 0 aromatic heterocycles. The lowest BCUT2D eigenvalue weighted by Crippen LogP contribution is -2.35. The van der Waals surface area contributed by atoms with Crippen LogP contribution in [0.3, 0.4) is 0 Å². The monoisotopic (exact) mass is 206 g/mol. The first-order valence-corrected chi connectivity index (χ1v) is 5.03. The van der Waals surface area contributed by atoms with Crippen molar-refractivity contribution in [1.29, 1.82) is 0 Å². The summed E-state index contributed by atoms with van der Waals surface area (Å²) in [5, 5.41) is 9.61. The molecular weight excluding hydrogens is 184 g/mol. The van der Waals surface area contributed by atoms with E-state index in [9.17, 15) is 5.11 Å². The Morgan fingerprint density at radius 2 is 1.93 bits per heavy atom. The summed E-state index contributed by atoms with van der Waals surface area (Å²) in [6.07, 6.45) is 1.20. The molecule has 0 amide bonds. The summed E-state index contributed by atoms with van der Waals surface area (Å²) in [5.41, 5.74) is 0. The molecule has 0 aliphatic rings. The molecule has 2 unspecified atom stereocenters. The second-order valence-electron chi connectivity index (χ2n) is 3.23. The molecule has 0 aliphatic carbocycles. The first-order chi connectivity index (χ1) is 6.76. The summed E-state index contributed by atoms with van der Waals surface area (Å²) in [4.78, 5) is 0. The smallest absolute Gasteiger partial charge is 0.108 e. The highest BCUT2D eigenvalue weighted by Crippen LogP contribution is 2.00. The number of unbranched alkanes of at least 4 members (excludes halogenated alkanes) is 1. The van der Waals surface area contributed by atoms with Gasteiger partial charge in [0.1, 0.15) is 12.2 Å². The molecule has 0 aromatic rings. The summed E-state index contributed by atoms with van der Waals surface area (Å²) in [6.45, 7) is 3.48. The fraction of sp³-hybridized carbons (Fsp3) is 1.00. The van der Waals surface area contributed by atoms with Gasteiger partial charge in [0.15, 0.2) is 0 Å². The highest BCUT2D eigenvalue weighted by atomic mass is 16.5. The van der Waals surface area contributed by atoms with Crippen LogP contribution in [0.5, 0.6) is 0 Å². The van der Waals surface area contributed by atoms with E-state index in [-0.39, 0.29) is 6.10 Å². The lowest BCUT2D eigenvalue weighted by atomic mass is 10.2. The van der Waals surface area contributed by atoms with Crippen LogP contribution in [0.2, 0.25) is 0 Å². The average molecular weight is 206 g/mol. The Bertz CT molecular complexity index is 119. The highest BCUT2D eigenvalue weighted by molar-refractivity contribution is 4.67. The largest absolute Gasteiger partial charge is 0.388 e. The zero-order valence-corrected chi connectivity index (χ0v) is 9.36. The molecule has 0 saturated carbocycles. The highest BCUT2D eigenvalue weighted by Gasteiger charge is 2.18. The van der Waals surface area contributed by atoms with Crippen molar-refractivity contribution in [3.8, 4) is 0 Å². The van der Waals surface area contributed by atoms with Crippen molar-refractivity contribution < 1.29 is 19.3 Å². The molecule has 0 heterocycles. The summed E-state index contributed by atoms with van der Waals surface area (Å²) in [6, 6.07) is 0. The number of ether oxygens (including phenoxy) is 3. The molecular formula is C10H22O4. The maximum atomic E-state index is 9.61. The topological polar surface area (TPSA) is 47.9 Å². The third-order valence-electron chi connectivity index (χ3n) is 1.99. The molecule has 0 aliphatic heterocycles. The first-order valence-electron chi connectivity index (χ1n) is 5.03. The van der Waals surface area contributed by atoms with Crippen LogP contribution in [0, 0.1) is 0 Å². The molecule has 0 bridgehead atoms. The van der Waals surface area contributed by atoms with Crippen molar-refractivity contribution >= 4 is 0 Å². The fourth-order valence-corrected chi connectivity index (χ4v) is 1.06. The van der Waals surface area contributed by atoms with E-state index in [2.05, 4.69) is 6.92 Å². The van der Waals surface area contributed by atoms with Gasteiger partial charge in [0.2, 0.25) is 0 Å². The van der Waals surface area contributed by atoms with Crippen LogP contribution in [0.4, 0.5) is 0 Å². The first kappa shape index (κ1) is 13.8. The normalized spacial score (nSPS) is 15.4. The van der Waals surface area contributed by atoms with Crippen molar-refractivity contribution in [3.63, 3.8) is 0 Å². The standard InChI is InChI=1S/C10H22O4/c1-4-5-6-14-7-9(11)10(13-3)8-12-2/h9-11H,4-8H2,1-3H3. The number of aliphatic hydroxyl groups is 1. The molecule has 2 atom stereocenters. The summed E-state index contributed by atoms with van der Waals surface area (Å²) in [7, 11) is 3.13. The zero-order valence-electron chi connectivity index (χ0n) is 9.36. The Balaban J connectivity index is 3.52. The van der Waals surface area contributed by atoms with Crippen molar-refractivity contribution in [2.45, 2.75) is 32.0 Å². The van der Waals surface area contributed by atoms with Gasteiger partial charge < -0.3 is 19.3 Å². The minimum atomic E-state index is -0.614. The van der Waals surface area contributed by atoms with Crippen LogP contribution in [0.15, 0.2) is 0 Å². The lowest BCUT2D eigenvalue weighted by molar-refractivity contribution is -0.0812. The Morgan fingerprint density at radius 1 is 1.21 bits per heavy atom. The van der Waals surface area contributed by atoms with Gasteiger partial charge in [-0.1, -0.05) is 13.3 Å². The van der Waals surface area contributed by atoms with Crippen LogP contribution < -0.4 is 0 Å². The number of rotatable bonds is 9. The number of hydrogen-bond donors (Lipinski definition) is 1. The van der Waals surface area contributed by atoms with E-state index < -0.39 is 6.10 Å². The van der Waals surface area contributed by atoms with E-state index >= 15 is 0 Å². The molecule has 86 valence electrons. The van der Waals surface area contributed by atoms with Gasteiger partial charge >= 0.3 is 0 Å². The van der Waals surface area contributed by atoms with Crippen molar-refractivity contribution in [2.24, 2.45) is 0 Å². The Hall–Kier alpha value is -0.160. The Labute approximate surface area is 86.2 Å². The van der Waals surface area contributed by atoms with Crippen LogP contribution in [-0.4, -0.2) is 51.4 Å². The maximum absolute atomic E-state index is 9.61. The third kappa shape index (κ3) is 6.32. The average Bonchev–Trinajstić information content (AvgIpc) is 2.20. The van der Waals surface area contributed by atoms with Crippen LogP contribution >= 0.6 is 0 Å². The van der Waals surface area contributed by atoms with E-state index in [1.807, 2.05) is 0 Å². The number of aliphatic hydroxyl groups excluding tert-OH is 1. The van der Waals surface area contributed by atoms with Gasteiger partial charge in [0.25, 0.3) is 0 Å². The quantitative estimate of drug-likeness (QED) is 0.568. The van der Waals surface area contributed by atoms with Crippen LogP contribution in [0.25, 0.3) is 0 Å². The van der Waals surface area contributed by atoms with E-state index in [1.54, 1.807) is 14.2 Å². The Kier molecular flexibility index (Phi) is 9.29. The minimum absolute atomic E-state index is 0.304. The second kappa shape index (κ2) is 9.40. The predicted octanol–water partition coefficient (Wildman–Crippen LogP) is 0.825. The van der Waals surface area contributed by atoms with E-state index in [1.165, 1.54) is 0 Å². The van der Waals surface area contributed by atoms with Gasteiger partial charge in [-0.15, -0.1) is 0 Å². The summed E-state index contributed by atoms with van der Waals surface area (Å²) < 4.78 is 15.2. The van der Waals surface area contributed by atoms with Crippen molar-refractivity contribution in [3.05, 3.63) is 0 Å². The van der Waals surface area contributed by atoms with Crippen molar-refractivity contribution in [2.75, 3.05) is 34.0 Å². The van der Waals surface area contributed by atoms with E-state index in [0.29, 0.717) is 19.8 Å². The predicted molar refractivity (Wildman–Crippen MR) is 54.4 cm³/mol. The van der Waals surface area contributed by atoms with Gasteiger partial charge in [0.05, 0.1) is 13.2 Å². The molecule has 0 aromatic carbocycles. The molecule has 1 N–H and O–H groups in total. The molecule has 0 spiro atoms. The third-order valence-corrected chi connectivity index (χ3v) is 1.99. The SMILES string of the molecule is CCCCOCC(O)C(COC)OC. The lowest BCUT2D eigenvalue weighted by Gasteiger charge is -2.20. The zero-order chi connectivity index (χ0) is 10.8. The molecule has 0 rings (SSSR count). The fourth-order valence-electron chi connectivity index (χ4n) is 1.06. The van der Waals surface area contributed by atoms with Crippen LogP contribution in [-0.2, 0) is 14.2 Å². The van der Waals surface area contributed by atoms with Gasteiger partial charge in [0, 0.05) is 20.8 Å². The minimum Gasteiger partial charge on any atom is -0.388 e. The molecule has 0 fully saturated rings.